The molecule has 0 bridgehead atoms. The Balaban J connectivity index is 2.57. The number of nitrogens with one attached hydrogen (secondary N) is 1. The second-order valence-electron chi connectivity index (χ2n) is 3.99. The van der Waals surface area contributed by atoms with Crippen LogP contribution >= 0.6 is 0 Å². The van der Waals surface area contributed by atoms with Crippen molar-refractivity contribution in [1.82, 2.24) is 10.2 Å². The van der Waals surface area contributed by atoms with Gasteiger partial charge in [0.15, 0.2) is 0 Å². The summed E-state index contributed by atoms with van der Waals surface area (Å²) in [4.78, 5) is 13.7. The summed E-state index contributed by atoms with van der Waals surface area (Å²) in [5.74, 6) is 0.456. The van der Waals surface area contributed by atoms with Gasteiger partial charge in [-0.25, -0.2) is 0 Å². The van der Waals surface area contributed by atoms with Crippen molar-refractivity contribution in [3.8, 4) is 0 Å². The van der Waals surface area contributed by atoms with Crippen molar-refractivity contribution in [1.29, 1.82) is 0 Å². The molecule has 1 aliphatic rings. The summed E-state index contributed by atoms with van der Waals surface area (Å²) < 4.78 is 0. The van der Waals surface area contributed by atoms with Gasteiger partial charge in [-0.15, -0.1) is 6.58 Å². The number of rotatable bonds is 5. The van der Waals surface area contributed by atoms with Crippen LogP contribution < -0.4 is 5.32 Å². The second kappa shape index (κ2) is 5.88. The van der Waals surface area contributed by atoms with Crippen LogP contribution in [-0.4, -0.2) is 48.2 Å². The lowest BCUT2D eigenvalue weighted by Crippen LogP contribution is -2.46. The molecule has 0 saturated carbocycles. The lowest BCUT2D eigenvalue weighted by Gasteiger charge is -2.25. The lowest BCUT2D eigenvalue weighted by molar-refractivity contribution is -0.133. The first-order valence-electron chi connectivity index (χ1n) is 5.44. The minimum Gasteiger partial charge on any atom is -0.395 e. The Kier molecular flexibility index (Phi) is 4.78. The van der Waals surface area contributed by atoms with E-state index >= 15 is 0 Å². The van der Waals surface area contributed by atoms with E-state index < -0.39 is 0 Å². The number of hydrogen-bond acceptors (Lipinski definition) is 3. The topological polar surface area (TPSA) is 52.6 Å². The number of carbonyl (C=O) groups excluding carboxylic acids is 1. The Morgan fingerprint density at radius 3 is 2.93 bits per heavy atom. The fourth-order valence-electron chi connectivity index (χ4n) is 1.93. The molecule has 2 unspecified atom stereocenters. The summed E-state index contributed by atoms with van der Waals surface area (Å²) in [6.45, 7) is 7.48. The molecule has 1 rings (SSSR count). The molecule has 4 nitrogen and oxygen atoms in total. The van der Waals surface area contributed by atoms with E-state index in [4.69, 9.17) is 5.11 Å². The van der Waals surface area contributed by atoms with Crippen molar-refractivity contribution in [2.24, 2.45) is 5.92 Å². The first kappa shape index (κ1) is 12.2. The smallest absolute Gasteiger partial charge is 0.240 e. The molecule has 15 heavy (non-hydrogen) atoms. The third-order valence-corrected chi connectivity index (χ3v) is 2.83. The molecule has 0 radical (unpaired) electrons. The van der Waals surface area contributed by atoms with Gasteiger partial charge in [-0.3, -0.25) is 4.79 Å². The van der Waals surface area contributed by atoms with Crippen LogP contribution in [0, 0.1) is 5.92 Å². The van der Waals surface area contributed by atoms with Gasteiger partial charge in [-0.05, 0) is 18.9 Å². The average Bonchev–Trinajstić information content (AvgIpc) is 2.63. The van der Waals surface area contributed by atoms with Gasteiger partial charge in [-0.1, -0.05) is 13.0 Å². The number of nitrogens with zero attached hydrogens (tertiary/aromatic N) is 1. The van der Waals surface area contributed by atoms with E-state index in [1.807, 2.05) is 0 Å². The van der Waals surface area contributed by atoms with Crippen LogP contribution in [0.3, 0.4) is 0 Å². The average molecular weight is 212 g/mol. The van der Waals surface area contributed by atoms with Crippen molar-refractivity contribution in [3.63, 3.8) is 0 Å². The monoisotopic (exact) mass is 212 g/mol. The highest BCUT2D eigenvalue weighted by molar-refractivity contribution is 5.82. The Morgan fingerprint density at radius 1 is 1.73 bits per heavy atom. The maximum absolute atomic E-state index is 12.0. The molecular formula is C11H20N2O2. The maximum atomic E-state index is 12.0. The van der Waals surface area contributed by atoms with E-state index in [9.17, 15) is 4.79 Å². The molecule has 0 aromatic heterocycles. The highest BCUT2D eigenvalue weighted by atomic mass is 16.3. The Morgan fingerprint density at radius 2 is 2.47 bits per heavy atom. The lowest BCUT2D eigenvalue weighted by atomic mass is 10.0. The molecule has 4 heteroatoms. The number of hydrogen-bond donors (Lipinski definition) is 2. The molecule has 1 fully saturated rings. The van der Waals surface area contributed by atoms with Crippen LogP contribution in [0.25, 0.3) is 0 Å². The summed E-state index contributed by atoms with van der Waals surface area (Å²) in [5.41, 5.74) is 0. The van der Waals surface area contributed by atoms with Crippen LogP contribution in [0.4, 0.5) is 0 Å². The van der Waals surface area contributed by atoms with Gasteiger partial charge in [0.2, 0.25) is 5.91 Å². The van der Waals surface area contributed by atoms with Crippen LogP contribution in [-0.2, 0) is 4.79 Å². The Bertz CT molecular complexity index is 231. The Labute approximate surface area is 91.0 Å². The second-order valence-corrected chi connectivity index (χ2v) is 3.99. The molecule has 0 aromatic carbocycles. The molecule has 0 spiro atoms. The predicted octanol–water partition coefficient (Wildman–Crippen LogP) is -0.00870. The zero-order chi connectivity index (χ0) is 11.3. The van der Waals surface area contributed by atoms with Crippen LogP contribution in [0.5, 0.6) is 0 Å². The standard InChI is InChI=1S/C11H20N2O2/c1-3-6-13(7-8-14)11(15)10-9(2)4-5-12-10/h3,9-10,12,14H,1,4-8H2,2H3. The van der Waals surface area contributed by atoms with Crippen molar-refractivity contribution in [2.75, 3.05) is 26.2 Å². The predicted molar refractivity (Wildman–Crippen MR) is 59.4 cm³/mol. The number of aliphatic hydroxyl groups excluding tert-OH is 1. The first-order valence-corrected chi connectivity index (χ1v) is 5.44. The minimum atomic E-state index is -0.0866. The number of carbonyl (C=O) groups is 1. The highest BCUT2D eigenvalue weighted by Gasteiger charge is 2.31. The van der Waals surface area contributed by atoms with Crippen molar-refractivity contribution < 1.29 is 9.90 Å². The number of amides is 1. The van der Waals surface area contributed by atoms with E-state index in [1.165, 1.54) is 0 Å². The fourth-order valence-corrected chi connectivity index (χ4v) is 1.93. The summed E-state index contributed by atoms with van der Waals surface area (Å²) in [6.07, 6.45) is 2.73. The molecular weight excluding hydrogens is 192 g/mol. The molecule has 0 aliphatic carbocycles. The maximum Gasteiger partial charge on any atom is 0.240 e. The summed E-state index contributed by atoms with van der Waals surface area (Å²) in [5, 5.41) is 12.1. The molecule has 2 atom stereocenters. The largest absolute Gasteiger partial charge is 0.395 e. The minimum absolute atomic E-state index is 0.000676. The van der Waals surface area contributed by atoms with Crippen molar-refractivity contribution in [3.05, 3.63) is 12.7 Å². The van der Waals surface area contributed by atoms with Gasteiger partial charge in [0, 0.05) is 13.1 Å². The quantitative estimate of drug-likeness (QED) is 0.630. The summed E-state index contributed by atoms with van der Waals surface area (Å²) in [6, 6.07) is -0.0866. The van der Waals surface area contributed by atoms with Gasteiger partial charge < -0.3 is 15.3 Å². The molecule has 86 valence electrons. The van der Waals surface area contributed by atoms with E-state index in [0.717, 1.165) is 13.0 Å². The van der Waals surface area contributed by atoms with Gasteiger partial charge in [0.25, 0.3) is 0 Å². The van der Waals surface area contributed by atoms with Gasteiger partial charge >= 0.3 is 0 Å². The van der Waals surface area contributed by atoms with E-state index in [0.29, 0.717) is 19.0 Å². The Hall–Kier alpha value is -0.870. The number of aliphatic hydroxyl groups is 1. The molecule has 0 aromatic rings. The van der Waals surface area contributed by atoms with Gasteiger partial charge in [0.1, 0.15) is 0 Å². The van der Waals surface area contributed by atoms with Gasteiger partial charge in [-0.2, -0.15) is 0 Å². The zero-order valence-electron chi connectivity index (χ0n) is 9.28. The highest BCUT2D eigenvalue weighted by Crippen LogP contribution is 2.16. The van der Waals surface area contributed by atoms with Crippen molar-refractivity contribution >= 4 is 5.91 Å². The fraction of sp³-hybridized carbons (Fsp3) is 0.727. The first-order chi connectivity index (χ1) is 7.20. The SMILES string of the molecule is C=CCN(CCO)C(=O)C1NCCC1C. The molecule has 1 aliphatic heterocycles. The van der Waals surface area contributed by atoms with E-state index in [2.05, 4.69) is 18.8 Å². The normalized spacial score (nSPS) is 25.2. The summed E-state index contributed by atoms with van der Waals surface area (Å²) >= 11 is 0. The van der Waals surface area contributed by atoms with Crippen LogP contribution in [0.2, 0.25) is 0 Å². The third-order valence-electron chi connectivity index (χ3n) is 2.83. The van der Waals surface area contributed by atoms with Crippen LogP contribution in [0.15, 0.2) is 12.7 Å². The molecule has 1 heterocycles. The van der Waals surface area contributed by atoms with E-state index in [-0.39, 0.29) is 18.6 Å². The zero-order valence-corrected chi connectivity index (χ0v) is 9.28. The van der Waals surface area contributed by atoms with Crippen LogP contribution in [0.1, 0.15) is 13.3 Å². The molecule has 1 saturated heterocycles. The van der Waals surface area contributed by atoms with E-state index in [1.54, 1.807) is 11.0 Å². The third kappa shape index (κ3) is 3.04. The van der Waals surface area contributed by atoms with Crippen molar-refractivity contribution in [2.45, 2.75) is 19.4 Å². The van der Waals surface area contributed by atoms with Gasteiger partial charge in [0.05, 0.1) is 12.6 Å². The molecule has 1 amide bonds. The summed E-state index contributed by atoms with van der Waals surface area (Å²) in [7, 11) is 0. The molecule has 2 N–H and O–H groups in total.